The first-order valence-corrected chi connectivity index (χ1v) is 5.56. The standard InChI is InChI=1S/C10H9BrN4O2/c1-6-12-10(15-14-6)13-9(16)5-3-7-2-4-8(11)17-7/h2-5H,1H3,(H2,12,13,14,15,16)/b5-3+. The molecule has 0 saturated carbocycles. The van der Waals surface area contributed by atoms with E-state index in [1.807, 2.05) is 0 Å². The van der Waals surface area contributed by atoms with E-state index in [1.54, 1.807) is 25.1 Å². The fourth-order valence-electron chi connectivity index (χ4n) is 1.13. The van der Waals surface area contributed by atoms with Crippen LogP contribution in [0.25, 0.3) is 6.08 Å². The summed E-state index contributed by atoms with van der Waals surface area (Å²) < 4.78 is 5.81. The van der Waals surface area contributed by atoms with E-state index >= 15 is 0 Å². The average Bonchev–Trinajstić information content (AvgIpc) is 2.85. The maximum atomic E-state index is 11.5. The van der Waals surface area contributed by atoms with E-state index in [2.05, 4.69) is 36.4 Å². The average molecular weight is 297 g/mol. The molecule has 0 aliphatic carbocycles. The lowest BCUT2D eigenvalue weighted by atomic mass is 10.4. The van der Waals surface area contributed by atoms with Gasteiger partial charge in [-0.3, -0.25) is 15.2 Å². The van der Waals surface area contributed by atoms with Crippen molar-refractivity contribution in [1.82, 2.24) is 15.2 Å². The molecule has 2 aromatic heterocycles. The Kier molecular flexibility index (Phi) is 3.38. The minimum Gasteiger partial charge on any atom is -0.450 e. The Bertz CT molecular complexity index is 558. The van der Waals surface area contributed by atoms with Crippen molar-refractivity contribution in [2.45, 2.75) is 6.92 Å². The number of aromatic nitrogens is 3. The van der Waals surface area contributed by atoms with Gasteiger partial charge in [-0.1, -0.05) is 0 Å². The minimum absolute atomic E-state index is 0.248. The molecule has 2 rings (SSSR count). The number of aromatic amines is 1. The van der Waals surface area contributed by atoms with Crippen molar-refractivity contribution in [3.8, 4) is 0 Å². The molecule has 0 spiro atoms. The van der Waals surface area contributed by atoms with Gasteiger partial charge >= 0.3 is 0 Å². The van der Waals surface area contributed by atoms with Gasteiger partial charge in [0, 0.05) is 6.08 Å². The summed E-state index contributed by atoms with van der Waals surface area (Å²) in [6, 6.07) is 3.49. The Morgan fingerprint density at radius 3 is 3.00 bits per heavy atom. The van der Waals surface area contributed by atoms with Crippen LogP contribution in [-0.2, 0) is 4.79 Å². The summed E-state index contributed by atoms with van der Waals surface area (Å²) in [6.45, 7) is 1.75. The van der Waals surface area contributed by atoms with Crippen molar-refractivity contribution < 1.29 is 9.21 Å². The number of carbonyl (C=O) groups excluding carboxylic acids is 1. The van der Waals surface area contributed by atoms with Gasteiger partial charge in [-0.25, -0.2) is 0 Å². The number of furan rings is 1. The molecule has 7 heteroatoms. The van der Waals surface area contributed by atoms with E-state index in [9.17, 15) is 4.79 Å². The lowest BCUT2D eigenvalue weighted by molar-refractivity contribution is -0.111. The number of amides is 1. The molecular formula is C10H9BrN4O2. The Hall–Kier alpha value is -1.89. The van der Waals surface area contributed by atoms with Crippen LogP contribution in [0.4, 0.5) is 5.95 Å². The first kappa shape index (κ1) is 11.6. The van der Waals surface area contributed by atoms with Gasteiger partial charge in [-0.15, -0.1) is 5.10 Å². The Morgan fingerprint density at radius 2 is 2.41 bits per heavy atom. The first-order valence-electron chi connectivity index (χ1n) is 4.77. The number of aryl methyl sites for hydroxylation is 1. The predicted molar refractivity (Wildman–Crippen MR) is 65.2 cm³/mol. The number of anilines is 1. The number of rotatable bonds is 3. The van der Waals surface area contributed by atoms with Gasteiger partial charge in [-0.2, -0.15) is 4.98 Å². The van der Waals surface area contributed by atoms with Crippen molar-refractivity contribution in [3.05, 3.63) is 34.5 Å². The fourth-order valence-corrected chi connectivity index (χ4v) is 1.45. The maximum absolute atomic E-state index is 11.5. The first-order chi connectivity index (χ1) is 8.13. The topological polar surface area (TPSA) is 83.8 Å². The van der Waals surface area contributed by atoms with Crippen LogP contribution in [0.15, 0.2) is 27.3 Å². The van der Waals surface area contributed by atoms with Crippen LogP contribution in [0.1, 0.15) is 11.6 Å². The Balaban J connectivity index is 1.95. The number of carbonyl (C=O) groups is 1. The molecule has 0 bridgehead atoms. The smallest absolute Gasteiger partial charge is 0.250 e. The predicted octanol–water partition coefficient (Wildman–Crippen LogP) is 2.12. The van der Waals surface area contributed by atoms with Gasteiger partial charge in [0.05, 0.1) is 0 Å². The van der Waals surface area contributed by atoms with Crippen molar-refractivity contribution >= 4 is 33.9 Å². The molecule has 0 radical (unpaired) electrons. The summed E-state index contributed by atoms with van der Waals surface area (Å²) >= 11 is 3.17. The van der Waals surface area contributed by atoms with Crippen LogP contribution in [-0.4, -0.2) is 21.1 Å². The van der Waals surface area contributed by atoms with Crippen LogP contribution in [0.5, 0.6) is 0 Å². The Labute approximate surface area is 105 Å². The largest absolute Gasteiger partial charge is 0.450 e. The van der Waals surface area contributed by atoms with E-state index in [1.165, 1.54) is 6.08 Å². The summed E-state index contributed by atoms with van der Waals surface area (Å²) in [4.78, 5) is 15.4. The molecule has 17 heavy (non-hydrogen) atoms. The SMILES string of the molecule is Cc1nc(NC(=O)/C=C/c2ccc(Br)o2)n[nH]1. The number of nitrogens with one attached hydrogen (secondary N) is 2. The fraction of sp³-hybridized carbons (Fsp3) is 0.100. The van der Waals surface area contributed by atoms with Crippen molar-refractivity contribution in [3.63, 3.8) is 0 Å². The number of H-pyrrole nitrogens is 1. The monoisotopic (exact) mass is 296 g/mol. The van der Waals surface area contributed by atoms with E-state index < -0.39 is 0 Å². The maximum Gasteiger partial charge on any atom is 0.250 e. The molecular weight excluding hydrogens is 288 g/mol. The quantitative estimate of drug-likeness (QED) is 0.850. The highest BCUT2D eigenvalue weighted by Crippen LogP contribution is 2.14. The summed E-state index contributed by atoms with van der Waals surface area (Å²) in [5.41, 5.74) is 0. The lowest BCUT2D eigenvalue weighted by Gasteiger charge is -1.93. The second-order valence-corrected chi connectivity index (χ2v) is 3.99. The Morgan fingerprint density at radius 1 is 1.59 bits per heavy atom. The summed E-state index contributed by atoms with van der Waals surface area (Å²) in [5.74, 6) is 1.15. The van der Waals surface area contributed by atoms with Crippen molar-refractivity contribution in [2.24, 2.45) is 0 Å². The highest BCUT2D eigenvalue weighted by molar-refractivity contribution is 9.10. The molecule has 88 valence electrons. The number of nitrogens with zero attached hydrogens (tertiary/aromatic N) is 2. The third-order valence-corrected chi connectivity index (χ3v) is 2.25. The van der Waals surface area contributed by atoms with E-state index in [0.717, 1.165) is 0 Å². The summed E-state index contributed by atoms with van der Waals surface area (Å²) in [6.07, 6.45) is 2.90. The molecule has 0 aromatic carbocycles. The van der Waals surface area contributed by atoms with Gasteiger partial charge in [-0.05, 0) is 41.1 Å². The molecule has 0 aliphatic rings. The van der Waals surface area contributed by atoms with Crippen LogP contribution in [0, 0.1) is 6.92 Å². The summed E-state index contributed by atoms with van der Waals surface area (Å²) in [5, 5.41) is 8.92. The molecule has 0 aliphatic heterocycles. The molecule has 0 unspecified atom stereocenters. The van der Waals surface area contributed by atoms with Crippen molar-refractivity contribution in [1.29, 1.82) is 0 Å². The van der Waals surface area contributed by atoms with Gasteiger partial charge in [0.2, 0.25) is 5.95 Å². The second-order valence-electron chi connectivity index (χ2n) is 3.21. The molecule has 2 heterocycles. The molecule has 2 N–H and O–H groups in total. The molecule has 6 nitrogen and oxygen atoms in total. The third-order valence-electron chi connectivity index (χ3n) is 1.83. The minimum atomic E-state index is -0.323. The second kappa shape index (κ2) is 4.96. The molecule has 0 fully saturated rings. The zero-order valence-electron chi connectivity index (χ0n) is 8.90. The highest BCUT2D eigenvalue weighted by Gasteiger charge is 2.02. The zero-order valence-corrected chi connectivity index (χ0v) is 10.5. The highest BCUT2D eigenvalue weighted by atomic mass is 79.9. The normalized spacial score (nSPS) is 10.9. The van der Waals surface area contributed by atoms with E-state index in [-0.39, 0.29) is 11.9 Å². The molecule has 0 atom stereocenters. The summed E-state index contributed by atoms with van der Waals surface area (Å²) in [7, 11) is 0. The number of hydrogen-bond donors (Lipinski definition) is 2. The zero-order chi connectivity index (χ0) is 12.3. The van der Waals surface area contributed by atoms with Gasteiger partial charge < -0.3 is 4.42 Å². The van der Waals surface area contributed by atoms with E-state index in [4.69, 9.17) is 4.42 Å². The van der Waals surface area contributed by atoms with Gasteiger partial charge in [0.1, 0.15) is 11.6 Å². The molecule has 0 saturated heterocycles. The third kappa shape index (κ3) is 3.28. The van der Waals surface area contributed by atoms with Gasteiger partial charge in [0.25, 0.3) is 5.91 Å². The number of hydrogen-bond acceptors (Lipinski definition) is 4. The van der Waals surface area contributed by atoms with Gasteiger partial charge in [0.15, 0.2) is 4.67 Å². The van der Waals surface area contributed by atoms with Crippen molar-refractivity contribution in [2.75, 3.05) is 5.32 Å². The lowest BCUT2D eigenvalue weighted by Crippen LogP contribution is -2.08. The van der Waals surface area contributed by atoms with Crippen LogP contribution in [0.2, 0.25) is 0 Å². The molecule has 2 aromatic rings. The van der Waals surface area contributed by atoms with E-state index in [0.29, 0.717) is 16.3 Å². The van der Waals surface area contributed by atoms with Crippen LogP contribution in [0.3, 0.4) is 0 Å². The van der Waals surface area contributed by atoms with Crippen LogP contribution < -0.4 is 5.32 Å². The number of halogens is 1. The molecule has 1 amide bonds. The van der Waals surface area contributed by atoms with Crippen LogP contribution >= 0.6 is 15.9 Å².